The summed E-state index contributed by atoms with van der Waals surface area (Å²) >= 11 is 0. The first-order valence-electron chi connectivity index (χ1n) is 13.2. The number of nitrogens with one attached hydrogen (secondary N) is 2. The smallest absolute Gasteiger partial charge is 0.270 e. The number of likely N-dealkylation sites (tertiary alicyclic amines) is 1. The summed E-state index contributed by atoms with van der Waals surface area (Å²) in [6.45, 7) is 3.90. The lowest BCUT2D eigenvalue weighted by molar-refractivity contribution is -0.139. The molecule has 1 aromatic heterocycles. The van der Waals surface area contributed by atoms with Gasteiger partial charge >= 0.3 is 0 Å². The zero-order chi connectivity index (χ0) is 24.9. The Balaban J connectivity index is 1.06. The van der Waals surface area contributed by atoms with E-state index in [4.69, 9.17) is 0 Å². The third-order valence-electron chi connectivity index (χ3n) is 7.69. The van der Waals surface area contributed by atoms with Gasteiger partial charge in [0.1, 0.15) is 17.8 Å². The maximum Gasteiger partial charge on any atom is 0.270 e. The summed E-state index contributed by atoms with van der Waals surface area (Å²) in [7, 11) is 0. The Kier molecular flexibility index (Phi) is 7.77. The number of rotatable bonds is 8. The van der Waals surface area contributed by atoms with Crippen molar-refractivity contribution >= 4 is 17.6 Å². The van der Waals surface area contributed by atoms with E-state index in [-0.39, 0.29) is 30.1 Å². The molecular weight excluding hydrogens is 456 g/mol. The predicted octanol–water partition coefficient (Wildman–Crippen LogP) is 1.83. The summed E-state index contributed by atoms with van der Waals surface area (Å²) in [5.74, 6) is 0.830. The number of amides is 2. The van der Waals surface area contributed by atoms with Crippen molar-refractivity contribution in [2.75, 3.05) is 38.0 Å². The average Bonchev–Trinajstić information content (AvgIpc) is 2.87. The molecule has 1 aromatic carbocycles. The minimum Gasteiger partial charge on any atom is -0.390 e. The highest BCUT2D eigenvalue weighted by molar-refractivity contribution is 5.92. The van der Waals surface area contributed by atoms with Crippen molar-refractivity contribution in [2.45, 2.75) is 57.2 Å². The molecular formula is C27H36N6O3. The van der Waals surface area contributed by atoms with Gasteiger partial charge in [-0.15, -0.1) is 0 Å². The van der Waals surface area contributed by atoms with Crippen LogP contribution in [0.25, 0.3) is 0 Å². The number of β-amino-alcohol motifs (C(OH)–C–C–N with tert-alkyl or cyclic N) is 1. The number of carbonyl (C=O) groups excluding carboxylic acids is 2. The molecule has 1 atom stereocenters. The van der Waals surface area contributed by atoms with E-state index in [0.717, 1.165) is 58.3 Å². The Morgan fingerprint density at radius 3 is 2.58 bits per heavy atom. The largest absolute Gasteiger partial charge is 0.390 e. The standard InChI is InChI=1S/C27H36N6O3/c34-23(17-32-11-8-19-4-1-2-5-21(19)16-32)15-28-26(35)24-14-25(30-18-29-24)31-22-9-12-33(13-10-22)27(36)20-6-3-7-20/h1-2,4-5,14,18,20,22-23,34H,3,6-13,15-17H2,(H,28,35)(H,29,30,31)/t23-/m0/s1. The fraction of sp³-hybridized carbons (Fsp3) is 0.556. The lowest BCUT2D eigenvalue weighted by atomic mass is 9.84. The van der Waals surface area contributed by atoms with Crippen LogP contribution >= 0.6 is 0 Å². The average molecular weight is 493 g/mol. The molecule has 0 bridgehead atoms. The van der Waals surface area contributed by atoms with Crippen molar-refractivity contribution in [1.29, 1.82) is 0 Å². The second-order valence-corrected chi connectivity index (χ2v) is 10.3. The zero-order valence-electron chi connectivity index (χ0n) is 20.7. The van der Waals surface area contributed by atoms with Crippen molar-refractivity contribution in [1.82, 2.24) is 25.1 Å². The van der Waals surface area contributed by atoms with E-state index in [0.29, 0.717) is 18.3 Å². The number of aliphatic hydroxyl groups excluding tert-OH is 1. The van der Waals surface area contributed by atoms with Gasteiger partial charge in [-0.1, -0.05) is 30.7 Å². The highest BCUT2D eigenvalue weighted by Gasteiger charge is 2.31. The lowest BCUT2D eigenvalue weighted by Crippen LogP contribution is -2.46. The van der Waals surface area contributed by atoms with Crippen LogP contribution in [0.5, 0.6) is 0 Å². The summed E-state index contributed by atoms with van der Waals surface area (Å²) in [4.78, 5) is 37.7. The lowest BCUT2D eigenvalue weighted by Gasteiger charge is -2.36. The summed E-state index contributed by atoms with van der Waals surface area (Å²) in [5, 5.41) is 16.7. The van der Waals surface area contributed by atoms with Crippen LogP contribution in [0.15, 0.2) is 36.7 Å². The maximum absolute atomic E-state index is 12.7. The Morgan fingerprint density at radius 2 is 1.83 bits per heavy atom. The summed E-state index contributed by atoms with van der Waals surface area (Å²) in [5.41, 5.74) is 2.94. The van der Waals surface area contributed by atoms with Crippen LogP contribution in [0.3, 0.4) is 0 Å². The first-order chi connectivity index (χ1) is 17.5. The second-order valence-electron chi connectivity index (χ2n) is 10.3. The molecule has 2 amide bonds. The molecule has 0 unspecified atom stereocenters. The number of piperidine rings is 1. The maximum atomic E-state index is 12.7. The van der Waals surface area contributed by atoms with E-state index < -0.39 is 6.10 Å². The summed E-state index contributed by atoms with van der Waals surface area (Å²) < 4.78 is 0. The number of fused-ring (bicyclic) bond motifs is 1. The number of aliphatic hydroxyl groups is 1. The molecule has 0 spiro atoms. The molecule has 2 aromatic rings. The van der Waals surface area contributed by atoms with Crippen LogP contribution in [0.4, 0.5) is 5.82 Å². The van der Waals surface area contributed by atoms with Crippen molar-refractivity contribution in [3.05, 3.63) is 53.5 Å². The second kappa shape index (κ2) is 11.3. The number of nitrogens with zero attached hydrogens (tertiary/aromatic N) is 4. The van der Waals surface area contributed by atoms with Gasteiger partial charge in [-0.25, -0.2) is 9.97 Å². The van der Waals surface area contributed by atoms with Gasteiger partial charge in [-0.3, -0.25) is 14.5 Å². The molecule has 2 fully saturated rings. The van der Waals surface area contributed by atoms with Crippen LogP contribution in [0.1, 0.15) is 53.7 Å². The molecule has 9 heteroatoms. The van der Waals surface area contributed by atoms with Gasteiger partial charge in [0.15, 0.2) is 0 Å². The topological polar surface area (TPSA) is 111 Å². The quantitative estimate of drug-likeness (QED) is 0.516. The number of hydrogen-bond acceptors (Lipinski definition) is 7. The molecule has 1 saturated carbocycles. The molecule has 192 valence electrons. The van der Waals surface area contributed by atoms with Crippen molar-refractivity contribution < 1.29 is 14.7 Å². The zero-order valence-corrected chi connectivity index (χ0v) is 20.7. The Morgan fingerprint density at radius 1 is 1.06 bits per heavy atom. The van der Waals surface area contributed by atoms with E-state index in [1.807, 2.05) is 11.0 Å². The molecule has 1 aliphatic carbocycles. The van der Waals surface area contributed by atoms with E-state index in [2.05, 4.69) is 43.7 Å². The van der Waals surface area contributed by atoms with E-state index in [1.165, 1.54) is 23.9 Å². The van der Waals surface area contributed by atoms with Gasteiger partial charge in [-0.2, -0.15) is 0 Å². The van der Waals surface area contributed by atoms with Crippen LogP contribution in [-0.2, 0) is 17.8 Å². The summed E-state index contributed by atoms with van der Waals surface area (Å²) in [6.07, 6.45) is 6.65. The molecule has 2 aliphatic heterocycles. The molecule has 0 radical (unpaired) electrons. The molecule has 9 nitrogen and oxygen atoms in total. The van der Waals surface area contributed by atoms with Crippen molar-refractivity contribution in [3.63, 3.8) is 0 Å². The Bertz CT molecular complexity index is 1070. The van der Waals surface area contributed by atoms with E-state index in [9.17, 15) is 14.7 Å². The highest BCUT2D eigenvalue weighted by Crippen LogP contribution is 2.29. The third kappa shape index (κ3) is 6.02. The van der Waals surface area contributed by atoms with E-state index in [1.54, 1.807) is 6.07 Å². The Labute approximate surface area is 212 Å². The third-order valence-corrected chi connectivity index (χ3v) is 7.69. The number of hydrogen-bond donors (Lipinski definition) is 3. The normalized spacial score (nSPS) is 19.8. The van der Waals surface area contributed by atoms with Gasteiger partial charge in [0, 0.05) is 57.3 Å². The molecule has 5 rings (SSSR count). The fourth-order valence-electron chi connectivity index (χ4n) is 5.30. The van der Waals surface area contributed by atoms with E-state index >= 15 is 0 Å². The Hall–Kier alpha value is -3.04. The van der Waals surface area contributed by atoms with Gasteiger partial charge in [0.25, 0.3) is 5.91 Å². The van der Waals surface area contributed by atoms with Crippen LogP contribution in [0, 0.1) is 5.92 Å². The molecule has 3 aliphatic rings. The monoisotopic (exact) mass is 492 g/mol. The number of benzene rings is 1. The van der Waals surface area contributed by atoms with Gasteiger partial charge in [-0.05, 0) is 43.2 Å². The van der Waals surface area contributed by atoms with Crippen LogP contribution in [0.2, 0.25) is 0 Å². The number of carbonyl (C=O) groups is 2. The molecule has 36 heavy (non-hydrogen) atoms. The number of anilines is 1. The summed E-state index contributed by atoms with van der Waals surface area (Å²) in [6, 6.07) is 10.3. The fourth-order valence-corrected chi connectivity index (χ4v) is 5.30. The van der Waals surface area contributed by atoms with Gasteiger partial charge in [0.05, 0.1) is 6.10 Å². The SMILES string of the molecule is O=C(NC[C@H](O)CN1CCc2ccccc2C1)c1cc(NC2CCN(C(=O)C3CCC3)CC2)ncn1. The number of aromatic nitrogens is 2. The van der Waals surface area contributed by atoms with Crippen LogP contribution in [-0.4, -0.2) is 81.6 Å². The first kappa shape index (κ1) is 24.6. The highest BCUT2D eigenvalue weighted by atomic mass is 16.3. The van der Waals surface area contributed by atoms with Crippen molar-refractivity contribution in [2.24, 2.45) is 5.92 Å². The predicted molar refractivity (Wildman–Crippen MR) is 136 cm³/mol. The minimum atomic E-state index is -0.661. The van der Waals surface area contributed by atoms with Gasteiger partial charge in [0.2, 0.25) is 5.91 Å². The van der Waals surface area contributed by atoms with Crippen LogP contribution < -0.4 is 10.6 Å². The first-order valence-corrected chi connectivity index (χ1v) is 13.2. The van der Waals surface area contributed by atoms with Gasteiger partial charge < -0.3 is 20.6 Å². The minimum absolute atomic E-state index is 0.164. The molecule has 3 heterocycles. The molecule has 1 saturated heterocycles. The van der Waals surface area contributed by atoms with Crippen molar-refractivity contribution in [3.8, 4) is 0 Å². The molecule has 3 N–H and O–H groups in total.